The van der Waals surface area contributed by atoms with Gasteiger partial charge in [-0.1, -0.05) is 234 Å². The lowest BCUT2D eigenvalue weighted by Gasteiger charge is -2.18. The minimum Gasteiger partial charge on any atom is -0.462 e. The van der Waals surface area contributed by atoms with Gasteiger partial charge in [0.05, 0.1) is 0 Å². The van der Waals surface area contributed by atoms with Crippen LogP contribution in [0.2, 0.25) is 0 Å². The standard InChI is InChI=1S/C51H98O6/c1-45(2)37-31-25-19-15-13-11-9-7-8-10-12-14-16-22-28-34-40-49(52)55-43-48(57-51(54)42-36-30-24-18-21-27-33-39-47(5)6)44-56-50(53)41-35-29-23-17-20-26-32-38-46(3)4/h45-48H,7-44H2,1-6H3/t48-/m0/s1. The monoisotopic (exact) mass is 807 g/mol. The molecule has 0 aromatic carbocycles. The van der Waals surface area contributed by atoms with E-state index in [9.17, 15) is 14.4 Å². The van der Waals surface area contributed by atoms with E-state index in [1.165, 1.54) is 154 Å². The maximum atomic E-state index is 12.7. The second-order valence-electron chi connectivity index (χ2n) is 18.9. The van der Waals surface area contributed by atoms with Crippen LogP contribution in [-0.4, -0.2) is 37.2 Å². The highest BCUT2D eigenvalue weighted by Gasteiger charge is 2.19. The molecule has 0 aromatic rings. The van der Waals surface area contributed by atoms with Gasteiger partial charge in [-0.25, -0.2) is 0 Å². The van der Waals surface area contributed by atoms with Crippen LogP contribution in [0.15, 0.2) is 0 Å². The molecule has 0 aromatic heterocycles. The summed E-state index contributed by atoms with van der Waals surface area (Å²) in [7, 11) is 0. The average Bonchev–Trinajstić information content (AvgIpc) is 3.16. The topological polar surface area (TPSA) is 78.9 Å². The van der Waals surface area contributed by atoms with E-state index >= 15 is 0 Å². The molecule has 0 fully saturated rings. The highest BCUT2D eigenvalue weighted by molar-refractivity contribution is 5.71. The van der Waals surface area contributed by atoms with Crippen LogP contribution >= 0.6 is 0 Å². The van der Waals surface area contributed by atoms with E-state index in [0.29, 0.717) is 19.3 Å². The zero-order chi connectivity index (χ0) is 42.0. The van der Waals surface area contributed by atoms with Crippen molar-refractivity contribution in [3.05, 3.63) is 0 Å². The van der Waals surface area contributed by atoms with E-state index < -0.39 is 6.10 Å². The van der Waals surface area contributed by atoms with E-state index in [1.807, 2.05) is 0 Å². The minimum absolute atomic E-state index is 0.0660. The lowest BCUT2D eigenvalue weighted by molar-refractivity contribution is -0.167. The zero-order valence-corrected chi connectivity index (χ0v) is 39.1. The predicted molar refractivity (Wildman–Crippen MR) is 243 cm³/mol. The highest BCUT2D eigenvalue weighted by Crippen LogP contribution is 2.17. The molecular weight excluding hydrogens is 709 g/mol. The SMILES string of the molecule is CC(C)CCCCCCCCCCCCCCCCCCC(=O)OC[C@@H](COC(=O)CCCCCCCCCC(C)C)OC(=O)CCCCCCCCCC(C)C. The van der Waals surface area contributed by atoms with Crippen molar-refractivity contribution >= 4 is 17.9 Å². The molecule has 0 rings (SSSR count). The van der Waals surface area contributed by atoms with Crippen molar-refractivity contribution in [1.82, 2.24) is 0 Å². The van der Waals surface area contributed by atoms with Crippen LogP contribution in [0.5, 0.6) is 0 Å². The number of carbonyl (C=O) groups is 3. The zero-order valence-electron chi connectivity index (χ0n) is 39.1. The second-order valence-corrected chi connectivity index (χ2v) is 18.9. The van der Waals surface area contributed by atoms with Crippen molar-refractivity contribution in [2.24, 2.45) is 17.8 Å². The van der Waals surface area contributed by atoms with Crippen LogP contribution in [-0.2, 0) is 28.6 Å². The van der Waals surface area contributed by atoms with Gasteiger partial charge in [-0.15, -0.1) is 0 Å². The summed E-state index contributed by atoms with van der Waals surface area (Å²) in [6.07, 6.45) is 41.1. The minimum atomic E-state index is -0.762. The van der Waals surface area contributed by atoms with Crippen LogP contribution in [0.1, 0.15) is 273 Å². The molecule has 0 radical (unpaired) electrons. The quantitative estimate of drug-likeness (QED) is 0.0347. The summed E-state index contributed by atoms with van der Waals surface area (Å²) in [6, 6.07) is 0. The van der Waals surface area contributed by atoms with Gasteiger partial charge in [0, 0.05) is 19.3 Å². The number of esters is 3. The molecule has 0 spiro atoms. The predicted octanol–water partition coefficient (Wildman–Crippen LogP) is 16.0. The third-order valence-electron chi connectivity index (χ3n) is 11.4. The van der Waals surface area contributed by atoms with Gasteiger partial charge in [0.25, 0.3) is 0 Å². The number of carbonyl (C=O) groups excluding carboxylic acids is 3. The van der Waals surface area contributed by atoms with Gasteiger partial charge in [-0.3, -0.25) is 14.4 Å². The van der Waals surface area contributed by atoms with Crippen molar-refractivity contribution in [3.8, 4) is 0 Å². The Hall–Kier alpha value is -1.59. The molecule has 0 N–H and O–H groups in total. The largest absolute Gasteiger partial charge is 0.462 e. The maximum Gasteiger partial charge on any atom is 0.306 e. The number of ether oxygens (including phenoxy) is 3. The van der Waals surface area contributed by atoms with E-state index in [-0.39, 0.29) is 31.1 Å². The van der Waals surface area contributed by atoms with Crippen molar-refractivity contribution < 1.29 is 28.6 Å². The number of unbranched alkanes of at least 4 members (excludes halogenated alkanes) is 27. The summed E-state index contributed by atoms with van der Waals surface area (Å²) in [5, 5.41) is 0. The molecule has 6 heteroatoms. The third-order valence-corrected chi connectivity index (χ3v) is 11.4. The molecule has 57 heavy (non-hydrogen) atoms. The Balaban J connectivity index is 4.21. The molecule has 0 aliphatic rings. The normalized spacial score (nSPS) is 12.2. The lowest BCUT2D eigenvalue weighted by Crippen LogP contribution is -2.30. The van der Waals surface area contributed by atoms with Crippen molar-refractivity contribution in [2.75, 3.05) is 13.2 Å². The van der Waals surface area contributed by atoms with E-state index in [0.717, 1.165) is 75.5 Å². The Labute approximate surface area is 355 Å². The second kappa shape index (κ2) is 42.5. The van der Waals surface area contributed by atoms with Crippen LogP contribution in [0, 0.1) is 17.8 Å². The van der Waals surface area contributed by atoms with Crippen molar-refractivity contribution in [2.45, 2.75) is 279 Å². The Kier molecular flexibility index (Phi) is 41.3. The van der Waals surface area contributed by atoms with Gasteiger partial charge in [-0.05, 0) is 37.0 Å². The van der Waals surface area contributed by atoms with Gasteiger partial charge in [0.15, 0.2) is 6.10 Å². The fourth-order valence-electron chi connectivity index (χ4n) is 7.59. The summed E-state index contributed by atoms with van der Waals surface area (Å²) >= 11 is 0. The summed E-state index contributed by atoms with van der Waals surface area (Å²) in [6.45, 7) is 13.6. The average molecular weight is 807 g/mol. The van der Waals surface area contributed by atoms with Crippen molar-refractivity contribution in [3.63, 3.8) is 0 Å². The fourth-order valence-corrected chi connectivity index (χ4v) is 7.59. The Morgan fingerprint density at radius 2 is 0.509 bits per heavy atom. The molecule has 0 unspecified atom stereocenters. The summed E-state index contributed by atoms with van der Waals surface area (Å²) in [5.74, 6) is 1.55. The molecule has 0 aliphatic heterocycles. The first-order chi connectivity index (χ1) is 27.6. The summed E-state index contributed by atoms with van der Waals surface area (Å²) in [4.78, 5) is 37.8. The molecular formula is C51H98O6. The Morgan fingerprint density at radius 3 is 0.754 bits per heavy atom. The summed E-state index contributed by atoms with van der Waals surface area (Å²) < 4.78 is 16.7. The van der Waals surface area contributed by atoms with E-state index in [2.05, 4.69) is 41.5 Å². The first-order valence-electron chi connectivity index (χ1n) is 25.1. The first kappa shape index (κ1) is 55.4. The highest BCUT2D eigenvalue weighted by atomic mass is 16.6. The van der Waals surface area contributed by atoms with E-state index in [4.69, 9.17) is 14.2 Å². The molecule has 0 saturated heterocycles. The van der Waals surface area contributed by atoms with Crippen molar-refractivity contribution in [1.29, 1.82) is 0 Å². The van der Waals surface area contributed by atoms with Crippen LogP contribution < -0.4 is 0 Å². The fraction of sp³-hybridized carbons (Fsp3) is 0.941. The smallest absolute Gasteiger partial charge is 0.306 e. The van der Waals surface area contributed by atoms with Gasteiger partial charge in [-0.2, -0.15) is 0 Å². The Morgan fingerprint density at radius 1 is 0.298 bits per heavy atom. The maximum absolute atomic E-state index is 12.7. The molecule has 0 heterocycles. The lowest BCUT2D eigenvalue weighted by atomic mass is 10.0. The van der Waals surface area contributed by atoms with Crippen LogP contribution in [0.25, 0.3) is 0 Å². The molecule has 6 nitrogen and oxygen atoms in total. The Bertz CT molecular complexity index is 883. The number of rotatable bonds is 44. The first-order valence-corrected chi connectivity index (χ1v) is 25.1. The van der Waals surface area contributed by atoms with Crippen LogP contribution in [0.3, 0.4) is 0 Å². The molecule has 1 atom stereocenters. The van der Waals surface area contributed by atoms with Gasteiger partial charge in [0.1, 0.15) is 13.2 Å². The summed E-state index contributed by atoms with van der Waals surface area (Å²) in [5.41, 5.74) is 0. The van der Waals surface area contributed by atoms with E-state index in [1.54, 1.807) is 0 Å². The third kappa shape index (κ3) is 45.3. The molecule has 338 valence electrons. The number of hydrogen-bond acceptors (Lipinski definition) is 6. The molecule has 0 saturated carbocycles. The van der Waals surface area contributed by atoms with Gasteiger partial charge >= 0.3 is 17.9 Å². The van der Waals surface area contributed by atoms with Gasteiger partial charge < -0.3 is 14.2 Å². The van der Waals surface area contributed by atoms with Crippen LogP contribution in [0.4, 0.5) is 0 Å². The number of hydrogen-bond donors (Lipinski definition) is 0. The van der Waals surface area contributed by atoms with Gasteiger partial charge in [0.2, 0.25) is 0 Å². The molecule has 0 aliphatic carbocycles. The molecule has 0 bridgehead atoms. The molecule has 0 amide bonds.